The van der Waals surface area contributed by atoms with E-state index in [4.69, 9.17) is 43.1 Å². The average Bonchev–Trinajstić information content (AvgIpc) is 3.36. The summed E-state index contributed by atoms with van der Waals surface area (Å²) in [4.78, 5) is 2.30. The molecule has 0 bridgehead atoms. The van der Waals surface area contributed by atoms with Gasteiger partial charge in [0, 0.05) is 43.4 Å². The highest BCUT2D eigenvalue weighted by Gasteiger charge is 2.28. The summed E-state index contributed by atoms with van der Waals surface area (Å²) in [7, 11) is 1.61. The van der Waals surface area contributed by atoms with Crippen molar-refractivity contribution in [3.8, 4) is 28.4 Å². The van der Waals surface area contributed by atoms with Crippen molar-refractivity contribution in [3.63, 3.8) is 0 Å². The normalized spacial score (nSPS) is 17.7. The Bertz CT molecular complexity index is 1300. The SMILES string of the molecule is COc1cc(O[C@H]2CCc3c(-c4cccc(OCCCN5CCC(F)CC5)c4Cl)cccc32)c(Cl)cc1CN. The Hall–Kier alpha value is -2.51. The topological polar surface area (TPSA) is 57.0 Å². The first-order chi connectivity index (χ1) is 19.0. The molecule has 0 aromatic heterocycles. The van der Waals surface area contributed by atoms with Gasteiger partial charge in [-0.05, 0) is 60.9 Å². The van der Waals surface area contributed by atoms with Crippen molar-refractivity contribution in [2.24, 2.45) is 5.73 Å². The molecule has 2 N–H and O–H groups in total. The molecule has 5 rings (SSSR count). The van der Waals surface area contributed by atoms with E-state index in [1.807, 2.05) is 30.3 Å². The van der Waals surface area contributed by atoms with Gasteiger partial charge < -0.3 is 24.8 Å². The van der Waals surface area contributed by atoms with E-state index in [1.165, 1.54) is 5.56 Å². The minimum Gasteiger partial charge on any atom is -0.496 e. The number of nitrogens with zero attached hydrogens (tertiary/aromatic N) is 1. The van der Waals surface area contributed by atoms with E-state index in [0.717, 1.165) is 61.2 Å². The van der Waals surface area contributed by atoms with Crippen LogP contribution in [0.2, 0.25) is 10.0 Å². The largest absolute Gasteiger partial charge is 0.496 e. The molecule has 0 saturated carbocycles. The molecule has 1 saturated heterocycles. The highest BCUT2D eigenvalue weighted by Crippen LogP contribution is 2.45. The minimum atomic E-state index is -0.649. The maximum atomic E-state index is 13.4. The molecule has 2 aliphatic rings. The van der Waals surface area contributed by atoms with E-state index in [-0.39, 0.29) is 6.10 Å². The van der Waals surface area contributed by atoms with Crippen LogP contribution in [-0.4, -0.2) is 44.4 Å². The summed E-state index contributed by atoms with van der Waals surface area (Å²) >= 11 is 13.4. The fourth-order valence-electron chi connectivity index (χ4n) is 5.59. The molecule has 0 radical (unpaired) electrons. The zero-order valence-electron chi connectivity index (χ0n) is 22.2. The van der Waals surface area contributed by atoms with Crippen molar-refractivity contribution in [2.75, 3.05) is 33.4 Å². The van der Waals surface area contributed by atoms with Gasteiger partial charge in [0.25, 0.3) is 0 Å². The summed E-state index contributed by atoms with van der Waals surface area (Å²) in [6, 6.07) is 15.8. The number of alkyl halides is 1. The van der Waals surface area contributed by atoms with Crippen LogP contribution < -0.4 is 19.9 Å². The highest BCUT2D eigenvalue weighted by atomic mass is 35.5. The predicted octanol–water partition coefficient (Wildman–Crippen LogP) is 7.40. The van der Waals surface area contributed by atoms with Crippen molar-refractivity contribution >= 4 is 23.2 Å². The molecule has 208 valence electrons. The minimum absolute atomic E-state index is 0.133. The Labute approximate surface area is 239 Å². The van der Waals surface area contributed by atoms with Gasteiger partial charge in [-0.2, -0.15) is 0 Å². The lowest BCUT2D eigenvalue weighted by atomic mass is 9.96. The quantitative estimate of drug-likeness (QED) is 0.256. The summed E-state index contributed by atoms with van der Waals surface area (Å²) in [5.41, 5.74) is 11.0. The van der Waals surface area contributed by atoms with Crippen molar-refractivity contribution in [1.82, 2.24) is 4.90 Å². The molecule has 8 heteroatoms. The number of hydrogen-bond donors (Lipinski definition) is 1. The van der Waals surface area contributed by atoms with E-state index < -0.39 is 6.17 Å². The molecule has 3 aromatic carbocycles. The average molecular weight is 574 g/mol. The maximum Gasteiger partial charge on any atom is 0.142 e. The Morgan fingerprint density at radius 3 is 2.51 bits per heavy atom. The number of halogens is 3. The summed E-state index contributed by atoms with van der Waals surface area (Å²) in [6.45, 7) is 3.44. The molecule has 0 unspecified atom stereocenters. The Balaban J connectivity index is 1.29. The van der Waals surface area contributed by atoms with Crippen LogP contribution >= 0.6 is 23.2 Å². The first-order valence-corrected chi connectivity index (χ1v) is 14.4. The second-order valence-electron chi connectivity index (χ2n) is 10.2. The van der Waals surface area contributed by atoms with E-state index >= 15 is 0 Å². The lowest BCUT2D eigenvalue weighted by Crippen LogP contribution is -2.35. The summed E-state index contributed by atoms with van der Waals surface area (Å²) in [5, 5.41) is 1.12. The van der Waals surface area contributed by atoms with Crippen molar-refractivity contribution in [3.05, 3.63) is 75.3 Å². The van der Waals surface area contributed by atoms with Gasteiger partial charge in [0.15, 0.2) is 0 Å². The van der Waals surface area contributed by atoms with Gasteiger partial charge in [-0.1, -0.05) is 53.5 Å². The number of methoxy groups -OCH3 is 1. The number of rotatable bonds is 10. The van der Waals surface area contributed by atoms with E-state index in [0.29, 0.717) is 53.3 Å². The molecule has 1 aliphatic carbocycles. The first kappa shape index (κ1) is 28.0. The van der Waals surface area contributed by atoms with Gasteiger partial charge >= 0.3 is 0 Å². The molecule has 0 spiro atoms. The molecule has 39 heavy (non-hydrogen) atoms. The van der Waals surface area contributed by atoms with Gasteiger partial charge in [-0.3, -0.25) is 0 Å². The van der Waals surface area contributed by atoms with Crippen molar-refractivity contribution < 1.29 is 18.6 Å². The third-order valence-corrected chi connectivity index (χ3v) is 8.37. The first-order valence-electron chi connectivity index (χ1n) is 13.6. The van der Waals surface area contributed by atoms with Crippen LogP contribution in [0.4, 0.5) is 4.39 Å². The molecule has 3 aromatic rings. The second-order valence-corrected chi connectivity index (χ2v) is 10.9. The number of hydrogen-bond acceptors (Lipinski definition) is 5. The van der Waals surface area contributed by atoms with Gasteiger partial charge in [0.1, 0.15) is 29.5 Å². The second kappa shape index (κ2) is 12.8. The highest BCUT2D eigenvalue weighted by molar-refractivity contribution is 6.35. The van der Waals surface area contributed by atoms with Crippen molar-refractivity contribution in [2.45, 2.75) is 50.9 Å². The van der Waals surface area contributed by atoms with E-state index in [2.05, 4.69) is 17.0 Å². The summed E-state index contributed by atoms with van der Waals surface area (Å²) < 4.78 is 31.3. The molecular formula is C31H35Cl2FN2O3. The van der Waals surface area contributed by atoms with Crippen LogP contribution in [0, 0.1) is 0 Å². The fourth-order valence-corrected chi connectivity index (χ4v) is 6.10. The number of fused-ring (bicyclic) bond motifs is 1. The molecule has 1 heterocycles. The van der Waals surface area contributed by atoms with Crippen LogP contribution in [0.5, 0.6) is 17.2 Å². The zero-order chi connectivity index (χ0) is 27.4. The number of piperidine rings is 1. The number of ether oxygens (including phenoxy) is 3. The lowest BCUT2D eigenvalue weighted by Gasteiger charge is -2.28. The van der Waals surface area contributed by atoms with Crippen LogP contribution in [0.1, 0.15) is 48.5 Å². The third kappa shape index (κ3) is 6.30. The monoisotopic (exact) mass is 572 g/mol. The lowest BCUT2D eigenvalue weighted by molar-refractivity contribution is 0.143. The van der Waals surface area contributed by atoms with Gasteiger partial charge in [-0.25, -0.2) is 4.39 Å². The molecular weight excluding hydrogens is 538 g/mol. The van der Waals surface area contributed by atoms with E-state index in [1.54, 1.807) is 13.2 Å². The maximum absolute atomic E-state index is 13.4. The Morgan fingerprint density at radius 2 is 1.74 bits per heavy atom. The zero-order valence-corrected chi connectivity index (χ0v) is 23.7. The summed E-state index contributed by atoms with van der Waals surface area (Å²) in [6.07, 6.45) is 3.04. The molecule has 1 atom stereocenters. The molecule has 0 amide bonds. The van der Waals surface area contributed by atoms with Crippen LogP contribution in [0.15, 0.2) is 48.5 Å². The predicted molar refractivity (Wildman–Crippen MR) is 155 cm³/mol. The van der Waals surface area contributed by atoms with Crippen molar-refractivity contribution in [1.29, 1.82) is 0 Å². The third-order valence-electron chi connectivity index (χ3n) is 7.69. The smallest absolute Gasteiger partial charge is 0.142 e. The van der Waals surface area contributed by atoms with Crippen LogP contribution in [0.3, 0.4) is 0 Å². The molecule has 5 nitrogen and oxygen atoms in total. The molecule has 1 aliphatic heterocycles. The summed E-state index contributed by atoms with van der Waals surface area (Å²) in [5.74, 6) is 1.92. The van der Waals surface area contributed by atoms with Crippen LogP contribution in [0.25, 0.3) is 11.1 Å². The Kier molecular flexibility index (Phi) is 9.18. The standard InChI is InChI=1S/C31H35Cl2FN2O3/c1-37-29-18-30(26(32)17-20(29)19-35)39-27-10-9-23-22(5-2-6-24(23)27)25-7-3-8-28(31(25)33)38-16-4-13-36-14-11-21(34)12-15-36/h2-3,5-8,17-18,21,27H,4,9-16,19,35H2,1H3/t27-/m0/s1. The fraction of sp³-hybridized carbons (Fsp3) is 0.419. The van der Waals surface area contributed by atoms with Gasteiger partial charge in [-0.15, -0.1) is 0 Å². The Morgan fingerprint density at radius 1 is 0.974 bits per heavy atom. The van der Waals surface area contributed by atoms with Gasteiger partial charge in [0.05, 0.1) is 23.8 Å². The van der Waals surface area contributed by atoms with Gasteiger partial charge in [0.2, 0.25) is 0 Å². The van der Waals surface area contributed by atoms with Crippen LogP contribution in [-0.2, 0) is 13.0 Å². The molecule has 1 fully saturated rings. The number of likely N-dealkylation sites (tertiary alicyclic amines) is 1. The number of nitrogens with two attached hydrogens (primary N) is 1. The van der Waals surface area contributed by atoms with E-state index in [9.17, 15) is 4.39 Å². The number of benzene rings is 3.